The topological polar surface area (TPSA) is 57.2 Å². The van der Waals surface area contributed by atoms with E-state index < -0.39 is 0 Å². The van der Waals surface area contributed by atoms with Gasteiger partial charge in [-0.1, -0.05) is 35.9 Å². The molecule has 1 N–H and O–H groups in total. The Labute approximate surface area is 199 Å². The molecule has 1 amide bonds. The Balaban J connectivity index is 1.50. The number of benzene rings is 3. The van der Waals surface area contributed by atoms with Gasteiger partial charge in [-0.15, -0.1) is 0 Å². The summed E-state index contributed by atoms with van der Waals surface area (Å²) in [5.41, 5.74) is 3.01. The van der Waals surface area contributed by atoms with Gasteiger partial charge in [-0.2, -0.15) is 0 Å². The Morgan fingerprint density at radius 3 is 2.41 bits per heavy atom. The number of hydrogen-bond donors (Lipinski definition) is 1. The van der Waals surface area contributed by atoms with Crippen LogP contribution in [0.5, 0.6) is 5.75 Å². The second kappa shape index (κ2) is 10.9. The van der Waals surface area contributed by atoms with Crippen molar-refractivity contribution in [2.75, 3.05) is 33.3 Å². The van der Waals surface area contributed by atoms with Crippen LogP contribution >= 0.6 is 0 Å². The Kier molecular flexibility index (Phi) is 7.54. The van der Waals surface area contributed by atoms with Crippen molar-refractivity contribution in [1.29, 1.82) is 0 Å². The third-order valence-electron chi connectivity index (χ3n) is 5.84. The molecule has 0 bridgehead atoms. The zero-order chi connectivity index (χ0) is 23.9. The number of nitrogens with one attached hydrogen (secondary N) is 1. The summed E-state index contributed by atoms with van der Waals surface area (Å²) in [7, 11) is 1.62. The summed E-state index contributed by atoms with van der Waals surface area (Å²) in [5.74, 6) is 0.857. The van der Waals surface area contributed by atoms with Crippen molar-refractivity contribution >= 4 is 17.6 Å². The molecule has 0 saturated carbocycles. The highest BCUT2D eigenvalue weighted by Gasteiger charge is 2.22. The number of ether oxygens (including phenoxy) is 1. The van der Waals surface area contributed by atoms with Gasteiger partial charge in [0.05, 0.1) is 12.8 Å². The number of rotatable bonds is 5. The van der Waals surface area contributed by atoms with Gasteiger partial charge in [0.15, 0.2) is 0 Å². The maximum atomic E-state index is 14.1. The molecular weight excluding hydrogens is 431 g/mol. The molecule has 1 saturated heterocycles. The largest absolute Gasteiger partial charge is 0.497 e. The van der Waals surface area contributed by atoms with Gasteiger partial charge in [0.2, 0.25) is 5.96 Å². The van der Waals surface area contributed by atoms with E-state index in [0.717, 1.165) is 24.4 Å². The highest BCUT2D eigenvalue weighted by Crippen LogP contribution is 2.19. The molecule has 1 fully saturated rings. The van der Waals surface area contributed by atoms with Crippen LogP contribution < -0.4 is 10.1 Å². The smallest absolute Gasteiger partial charge is 0.257 e. The summed E-state index contributed by atoms with van der Waals surface area (Å²) in [5, 5.41) is 3.01. The quantitative estimate of drug-likeness (QED) is 0.454. The van der Waals surface area contributed by atoms with Gasteiger partial charge in [0, 0.05) is 43.9 Å². The first-order chi connectivity index (χ1) is 16.5. The fraction of sp³-hybridized carbons (Fsp3) is 0.259. The van der Waals surface area contributed by atoms with Crippen LogP contribution in [-0.4, -0.2) is 55.0 Å². The molecule has 34 heavy (non-hydrogen) atoms. The first-order valence-corrected chi connectivity index (χ1v) is 11.3. The minimum absolute atomic E-state index is 0.183. The molecule has 0 unspecified atom stereocenters. The van der Waals surface area contributed by atoms with E-state index in [9.17, 15) is 9.18 Å². The first-order valence-electron chi connectivity index (χ1n) is 11.3. The number of carbonyl (C=O) groups excluding carboxylic acids is 1. The van der Waals surface area contributed by atoms with Crippen molar-refractivity contribution in [3.8, 4) is 5.75 Å². The van der Waals surface area contributed by atoms with Gasteiger partial charge in [-0.3, -0.25) is 15.0 Å². The second-order valence-corrected chi connectivity index (χ2v) is 8.31. The molecule has 3 aromatic carbocycles. The van der Waals surface area contributed by atoms with E-state index in [0.29, 0.717) is 42.4 Å². The maximum Gasteiger partial charge on any atom is 0.257 e. The number of aliphatic imine (C=N–C) groups is 1. The molecule has 1 aliphatic rings. The van der Waals surface area contributed by atoms with E-state index in [1.54, 1.807) is 19.2 Å². The summed E-state index contributed by atoms with van der Waals surface area (Å²) in [6.07, 6.45) is 0. The number of methoxy groups -OCH3 is 1. The average molecular weight is 461 g/mol. The molecule has 7 heteroatoms. The lowest BCUT2D eigenvalue weighted by Crippen LogP contribution is -2.53. The third kappa shape index (κ3) is 5.99. The van der Waals surface area contributed by atoms with Gasteiger partial charge < -0.3 is 9.64 Å². The normalized spacial score (nSPS) is 14.7. The Hall–Kier alpha value is -3.71. The molecule has 0 atom stereocenters. The van der Waals surface area contributed by atoms with Gasteiger partial charge in [0.25, 0.3) is 5.91 Å². The standard InChI is InChI=1S/C27H29FN4O2/c1-20-6-5-8-21(18-20)26(33)30-27(29-23-10-12-24(34-2)13-11-23)32-16-14-31(15-17-32)19-22-7-3-4-9-25(22)28/h3-13,18H,14-17,19H2,1-2H3,(H,29,30,33). The molecule has 6 nitrogen and oxygen atoms in total. The maximum absolute atomic E-state index is 14.1. The average Bonchev–Trinajstić information content (AvgIpc) is 2.86. The molecule has 0 aromatic heterocycles. The second-order valence-electron chi connectivity index (χ2n) is 8.31. The first kappa shape index (κ1) is 23.4. The number of carbonyl (C=O) groups is 1. The van der Waals surface area contributed by atoms with Crippen LogP contribution in [0.25, 0.3) is 0 Å². The van der Waals surface area contributed by atoms with Gasteiger partial charge in [0.1, 0.15) is 11.6 Å². The molecule has 4 rings (SSSR count). The van der Waals surface area contributed by atoms with Crippen molar-refractivity contribution in [3.63, 3.8) is 0 Å². The monoisotopic (exact) mass is 460 g/mol. The van der Waals surface area contributed by atoms with Crippen molar-refractivity contribution in [1.82, 2.24) is 15.1 Å². The van der Waals surface area contributed by atoms with Crippen LogP contribution in [0.2, 0.25) is 0 Å². The van der Waals surface area contributed by atoms with Gasteiger partial charge >= 0.3 is 0 Å². The van der Waals surface area contributed by atoms with Crippen molar-refractivity contribution < 1.29 is 13.9 Å². The zero-order valence-electron chi connectivity index (χ0n) is 19.5. The predicted molar refractivity (Wildman–Crippen MR) is 132 cm³/mol. The van der Waals surface area contributed by atoms with E-state index in [1.807, 2.05) is 61.5 Å². The predicted octanol–water partition coefficient (Wildman–Crippen LogP) is 4.38. The highest BCUT2D eigenvalue weighted by molar-refractivity contribution is 6.06. The van der Waals surface area contributed by atoms with E-state index >= 15 is 0 Å². The van der Waals surface area contributed by atoms with Crippen molar-refractivity contribution in [2.45, 2.75) is 13.5 Å². The van der Waals surface area contributed by atoms with E-state index in [-0.39, 0.29) is 11.7 Å². The van der Waals surface area contributed by atoms with E-state index in [2.05, 4.69) is 15.1 Å². The van der Waals surface area contributed by atoms with Crippen LogP contribution in [0.3, 0.4) is 0 Å². The number of nitrogens with zero attached hydrogens (tertiary/aromatic N) is 3. The summed E-state index contributed by atoms with van der Waals surface area (Å²) >= 11 is 0. The van der Waals surface area contributed by atoms with Crippen molar-refractivity contribution in [3.05, 3.63) is 95.3 Å². The summed E-state index contributed by atoms with van der Waals surface area (Å²) in [6.45, 7) is 5.31. The summed E-state index contributed by atoms with van der Waals surface area (Å²) in [6, 6.07) is 21.7. The summed E-state index contributed by atoms with van der Waals surface area (Å²) in [4.78, 5) is 22.0. The lowest BCUT2D eigenvalue weighted by atomic mass is 10.1. The molecule has 0 spiro atoms. The van der Waals surface area contributed by atoms with Crippen LogP contribution in [0.15, 0.2) is 77.8 Å². The Morgan fingerprint density at radius 1 is 1.00 bits per heavy atom. The lowest BCUT2D eigenvalue weighted by molar-refractivity contribution is 0.0967. The SMILES string of the molecule is COc1ccc(N=C(NC(=O)c2cccc(C)c2)N2CCN(Cc3ccccc3F)CC2)cc1. The van der Waals surface area contributed by atoms with Crippen LogP contribution in [0.1, 0.15) is 21.5 Å². The third-order valence-corrected chi connectivity index (χ3v) is 5.84. The summed E-state index contributed by atoms with van der Waals surface area (Å²) < 4.78 is 19.3. The Morgan fingerprint density at radius 2 is 1.74 bits per heavy atom. The highest BCUT2D eigenvalue weighted by atomic mass is 19.1. The van der Waals surface area contributed by atoms with E-state index in [1.165, 1.54) is 6.07 Å². The number of piperazine rings is 1. The minimum atomic E-state index is -0.204. The fourth-order valence-corrected chi connectivity index (χ4v) is 3.90. The van der Waals surface area contributed by atoms with Crippen LogP contribution in [-0.2, 0) is 6.54 Å². The molecule has 176 valence electrons. The minimum Gasteiger partial charge on any atom is -0.497 e. The van der Waals surface area contributed by atoms with Crippen molar-refractivity contribution in [2.24, 2.45) is 4.99 Å². The molecule has 3 aromatic rings. The Bertz CT molecular complexity index is 1160. The van der Waals surface area contributed by atoms with Crippen LogP contribution in [0.4, 0.5) is 10.1 Å². The molecule has 1 aliphatic heterocycles. The molecule has 0 aliphatic carbocycles. The molecular formula is C27H29FN4O2. The number of hydrogen-bond acceptors (Lipinski definition) is 4. The van der Waals surface area contributed by atoms with Crippen LogP contribution in [0, 0.1) is 12.7 Å². The fourth-order valence-electron chi connectivity index (χ4n) is 3.90. The van der Waals surface area contributed by atoms with E-state index in [4.69, 9.17) is 9.73 Å². The zero-order valence-corrected chi connectivity index (χ0v) is 19.5. The number of guanidine groups is 1. The van der Waals surface area contributed by atoms with Gasteiger partial charge in [-0.25, -0.2) is 9.38 Å². The lowest BCUT2D eigenvalue weighted by Gasteiger charge is -2.36. The number of amides is 1. The number of halogens is 1. The molecule has 0 radical (unpaired) electrons. The van der Waals surface area contributed by atoms with Gasteiger partial charge in [-0.05, 0) is 49.4 Å². The molecule has 1 heterocycles. The number of aryl methyl sites for hydroxylation is 1.